The number of hydrogen-bond acceptors (Lipinski definition) is 0. The maximum atomic E-state index is 5.84. The number of allylic oxidation sites excluding steroid dienone is 3. The van der Waals surface area contributed by atoms with Crippen LogP contribution in [0, 0.1) is 17.3 Å². The smallest absolute Gasteiger partial charge is 0.0113 e. The van der Waals surface area contributed by atoms with Crippen molar-refractivity contribution in [2.24, 2.45) is 17.3 Å². The molecule has 0 aromatic carbocycles. The van der Waals surface area contributed by atoms with Crippen LogP contribution in [0.25, 0.3) is 0 Å². The summed E-state index contributed by atoms with van der Waals surface area (Å²) >= 11 is 5.84. The van der Waals surface area contributed by atoms with Crippen molar-refractivity contribution < 1.29 is 0 Å². The number of hydrogen-bond donors (Lipinski definition) is 0. The van der Waals surface area contributed by atoms with Crippen molar-refractivity contribution in [3.05, 3.63) is 23.3 Å². The monoisotopic (exact) mass is 184 g/mol. The lowest BCUT2D eigenvalue weighted by Gasteiger charge is -1.99. The molecule has 0 aromatic rings. The highest BCUT2D eigenvalue weighted by Crippen LogP contribution is 2.62. The van der Waals surface area contributed by atoms with E-state index in [0.717, 1.165) is 5.03 Å². The van der Waals surface area contributed by atoms with E-state index in [9.17, 15) is 0 Å². The van der Waals surface area contributed by atoms with Crippen molar-refractivity contribution in [3.8, 4) is 0 Å². The van der Waals surface area contributed by atoms with Gasteiger partial charge in [-0.1, -0.05) is 43.7 Å². The second kappa shape index (κ2) is 2.92. The zero-order chi connectivity index (χ0) is 9.52. The van der Waals surface area contributed by atoms with Crippen molar-refractivity contribution in [2.45, 2.75) is 27.7 Å². The lowest BCUT2D eigenvalue weighted by molar-refractivity contribution is 0.578. The summed E-state index contributed by atoms with van der Waals surface area (Å²) in [5.74, 6) is 1.23. The highest BCUT2D eigenvalue weighted by molar-refractivity contribution is 6.29. The van der Waals surface area contributed by atoms with Gasteiger partial charge in [-0.15, -0.1) is 0 Å². The van der Waals surface area contributed by atoms with Gasteiger partial charge in [0.05, 0.1) is 0 Å². The molecule has 0 radical (unpaired) electrons. The normalized spacial score (nSPS) is 33.2. The molecule has 1 saturated carbocycles. The first-order valence-electron chi connectivity index (χ1n) is 4.36. The highest BCUT2D eigenvalue weighted by Gasteiger charge is 2.56. The summed E-state index contributed by atoms with van der Waals surface area (Å²) in [5, 5.41) is 0.900. The molecule has 1 aliphatic rings. The molecule has 0 N–H and O–H groups in total. The maximum Gasteiger partial charge on any atom is 0.0113 e. The molecule has 0 spiro atoms. The van der Waals surface area contributed by atoms with Crippen molar-refractivity contribution in [1.82, 2.24) is 0 Å². The van der Waals surface area contributed by atoms with Gasteiger partial charge in [0, 0.05) is 5.03 Å². The minimum absolute atomic E-state index is 0.377. The van der Waals surface area contributed by atoms with E-state index in [1.54, 1.807) is 0 Å². The molecule has 0 heterocycles. The largest absolute Gasteiger partial charge is 0.0998 e. The van der Waals surface area contributed by atoms with Crippen LogP contribution in [0.2, 0.25) is 0 Å². The van der Waals surface area contributed by atoms with Crippen molar-refractivity contribution in [3.63, 3.8) is 0 Å². The molecule has 0 amide bonds. The Morgan fingerprint density at radius 1 is 1.42 bits per heavy atom. The fourth-order valence-electron chi connectivity index (χ4n) is 2.18. The van der Waals surface area contributed by atoms with Gasteiger partial charge in [0.25, 0.3) is 0 Å². The minimum Gasteiger partial charge on any atom is -0.0998 e. The highest BCUT2D eigenvalue weighted by atomic mass is 35.5. The second-order valence-electron chi connectivity index (χ2n) is 4.42. The first-order valence-corrected chi connectivity index (χ1v) is 4.74. The molecule has 0 aromatic heterocycles. The molecule has 2 atom stereocenters. The molecule has 1 aliphatic carbocycles. The van der Waals surface area contributed by atoms with Crippen molar-refractivity contribution in [1.29, 1.82) is 0 Å². The number of rotatable bonds is 2. The van der Waals surface area contributed by atoms with E-state index in [4.69, 9.17) is 11.6 Å². The van der Waals surface area contributed by atoms with E-state index < -0.39 is 0 Å². The van der Waals surface area contributed by atoms with Crippen LogP contribution in [0.4, 0.5) is 0 Å². The zero-order valence-electron chi connectivity index (χ0n) is 8.32. The van der Waals surface area contributed by atoms with Gasteiger partial charge in [0.1, 0.15) is 0 Å². The first-order chi connectivity index (χ1) is 5.37. The van der Waals surface area contributed by atoms with Crippen LogP contribution in [0.15, 0.2) is 23.3 Å². The predicted octanol–water partition coefficient (Wildman–Crippen LogP) is 3.98. The Bertz CT molecular complexity index is 231. The van der Waals surface area contributed by atoms with E-state index in [2.05, 4.69) is 33.4 Å². The molecular formula is C11H17Cl. The molecule has 1 rings (SSSR count). The topological polar surface area (TPSA) is 0 Å². The Kier molecular flexibility index (Phi) is 2.40. The summed E-state index contributed by atoms with van der Waals surface area (Å²) in [6, 6.07) is 0. The van der Waals surface area contributed by atoms with Gasteiger partial charge in [-0.3, -0.25) is 0 Å². The molecule has 0 saturated heterocycles. The fraction of sp³-hybridized carbons (Fsp3) is 0.636. The zero-order valence-corrected chi connectivity index (χ0v) is 9.07. The first kappa shape index (κ1) is 9.85. The van der Waals surface area contributed by atoms with E-state index in [1.165, 1.54) is 5.57 Å². The van der Waals surface area contributed by atoms with Gasteiger partial charge >= 0.3 is 0 Å². The van der Waals surface area contributed by atoms with Crippen LogP contribution in [0.1, 0.15) is 27.7 Å². The van der Waals surface area contributed by atoms with E-state index in [1.807, 2.05) is 6.92 Å². The van der Waals surface area contributed by atoms with Gasteiger partial charge in [-0.05, 0) is 31.1 Å². The van der Waals surface area contributed by atoms with Crippen LogP contribution in [0.5, 0.6) is 0 Å². The van der Waals surface area contributed by atoms with Crippen molar-refractivity contribution >= 4 is 11.6 Å². The Morgan fingerprint density at radius 3 is 2.17 bits per heavy atom. The summed E-state index contributed by atoms with van der Waals surface area (Å²) in [4.78, 5) is 0. The summed E-state index contributed by atoms with van der Waals surface area (Å²) in [7, 11) is 0. The Morgan fingerprint density at radius 2 is 1.92 bits per heavy atom. The molecule has 0 bridgehead atoms. The molecular weight excluding hydrogens is 168 g/mol. The molecule has 12 heavy (non-hydrogen) atoms. The summed E-state index contributed by atoms with van der Waals surface area (Å²) in [6.07, 6.45) is 2.15. The van der Waals surface area contributed by atoms with Crippen molar-refractivity contribution in [2.75, 3.05) is 0 Å². The molecule has 2 unspecified atom stereocenters. The third kappa shape index (κ3) is 1.59. The van der Waals surface area contributed by atoms with E-state index >= 15 is 0 Å². The molecule has 1 fully saturated rings. The van der Waals surface area contributed by atoms with Gasteiger partial charge in [-0.2, -0.15) is 0 Å². The quantitative estimate of drug-likeness (QED) is 0.570. The van der Waals surface area contributed by atoms with Crippen LogP contribution >= 0.6 is 11.6 Å². The molecule has 68 valence electrons. The summed E-state index contributed by atoms with van der Waals surface area (Å²) in [5.41, 5.74) is 1.65. The van der Waals surface area contributed by atoms with Crippen LogP contribution in [-0.4, -0.2) is 0 Å². The number of halogens is 1. The average molecular weight is 185 g/mol. The Balaban J connectivity index is 2.73. The lowest BCUT2D eigenvalue weighted by Crippen LogP contribution is -1.89. The predicted molar refractivity (Wildman–Crippen MR) is 55.2 cm³/mol. The molecule has 0 nitrogen and oxygen atoms in total. The third-order valence-electron chi connectivity index (χ3n) is 2.85. The second-order valence-corrected chi connectivity index (χ2v) is 5.02. The van der Waals surface area contributed by atoms with Gasteiger partial charge < -0.3 is 0 Å². The van der Waals surface area contributed by atoms with Crippen LogP contribution in [-0.2, 0) is 0 Å². The fourth-order valence-corrected chi connectivity index (χ4v) is 2.31. The molecule has 1 heteroatoms. The average Bonchev–Trinajstić information content (AvgIpc) is 2.32. The SMILES string of the molecule is C=C(C)C1C(/C=C(/C)Cl)C1(C)C. The summed E-state index contributed by atoms with van der Waals surface area (Å²) in [6.45, 7) is 12.6. The Labute approximate surface area is 80.3 Å². The third-order valence-corrected chi connectivity index (χ3v) is 2.98. The lowest BCUT2D eigenvalue weighted by atomic mass is 10.1. The van der Waals surface area contributed by atoms with Crippen LogP contribution in [0.3, 0.4) is 0 Å². The van der Waals surface area contributed by atoms with Gasteiger partial charge in [0.2, 0.25) is 0 Å². The van der Waals surface area contributed by atoms with Gasteiger partial charge in [0.15, 0.2) is 0 Å². The standard InChI is InChI=1S/C11H17Cl/c1-7(2)10-9(6-8(3)12)11(10,4)5/h6,9-10H,1H2,2-5H3/b8-6-. The van der Waals surface area contributed by atoms with E-state index in [-0.39, 0.29) is 0 Å². The summed E-state index contributed by atoms with van der Waals surface area (Å²) < 4.78 is 0. The van der Waals surface area contributed by atoms with Gasteiger partial charge in [-0.25, -0.2) is 0 Å². The minimum atomic E-state index is 0.377. The van der Waals surface area contributed by atoms with Crippen LogP contribution < -0.4 is 0 Å². The van der Waals surface area contributed by atoms with E-state index in [0.29, 0.717) is 17.3 Å². The maximum absolute atomic E-state index is 5.84. The Hall–Kier alpha value is -0.230. The molecule has 0 aliphatic heterocycles.